The SMILES string of the molecule is CC1OCN2C(=O)C(C(N)=O)=C(O)C12.CCCC. The van der Waals surface area contributed by atoms with E-state index in [9.17, 15) is 14.7 Å². The van der Waals surface area contributed by atoms with Crippen LogP contribution in [0.2, 0.25) is 0 Å². The molecule has 1 fully saturated rings. The third-order valence-electron chi connectivity index (χ3n) is 3.01. The molecule has 2 aliphatic rings. The number of aliphatic hydroxyl groups excluding tert-OH is 1. The lowest BCUT2D eigenvalue weighted by Gasteiger charge is -2.14. The van der Waals surface area contributed by atoms with Crippen LogP contribution >= 0.6 is 0 Å². The summed E-state index contributed by atoms with van der Waals surface area (Å²) in [6.45, 7) is 6.17. The summed E-state index contributed by atoms with van der Waals surface area (Å²) in [7, 11) is 0. The topological polar surface area (TPSA) is 92.9 Å². The van der Waals surface area contributed by atoms with Gasteiger partial charge in [-0.15, -0.1) is 0 Å². The second-order valence-corrected chi connectivity index (χ2v) is 4.35. The van der Waals surface area contributed by atoms with Gasteiger partial charge in [0.1, 0.15) is 24.1 Å². The van der Waals surface area contributed by atoms with Crippen LogP contribution in [0.4, 0.5) is 0 Å². The zero-order valence-corrected chi connectivity index (χ0v) is 11.0. The predicted molar refractivity (Wildman–Crippen MR) is 65.5 cm³/mol. The quantitative estimate of drug-likeness (QED) is 0.710. The number of nitrogens with two attached hydrogens (primary N) is 1. The van der Waals surface area contributed by atoms with E-state index >= 15 is 0 Å². The molecule has 0 bridgehead atoms. The van der Waals surface area contributed by atoms with Gasteiger partial charge in [-0.05, 0) is 6.92 Å². The van der Waals surface area contributed by atoms with Crippen LogP contribution in [0.15, 0.2) is 11.3 Å². The summed E-state index contributed by atoms with van der Waals surface area (Å²) in [5.74, 6) is -1.72. The Hall–Kier alpha value is -1.56. The molecule has 102 valence electrons. The minimum absolute atomic E-state index is 0.0888. The molecule has 18 heavy (non-hydrogen) atoms. The van der Waals surface area contributed by atoms with Crippen molar-refractivity contribution in [2.24, 2.45) is 5.73 Å². The number of carbonyl (C=O) groups is 2. The zero-order valence-electron chi connectivity index (χ0n) is 11.0. The molecule has 0 saturated carbocycles. The molecule has 0 aromatic rings. The average molecular weight is 256 g/mol. The van der Waals surface area contributed by atoms with Gasteiger partial charge in [-0.3, -0.25) is 9.59 Å². The monoisotopic (exact) mass is 256 g/mol. The number of hydrogen-bond acceptors (Lipinski definition) is 4. The predicted octanol–water partition coefficient (Wildman–Crippen LogP) is 0.677. The Bertz CT molecular complexity index is 376. The van der Waals surface area contributed by atoms with Gasteiger partial charge in [-0.2, -0.15) is 0 Å². The third kappa shape index (κ3) is 2.48. The van der Waals surface area contributed by atoms with Gasteiger partial charge in [-0.25, -0.2) is 0 Å². The lowest BCUT2D eigenvalue weighted by Crippen LogP contribution is -2.34. The molecular weight excluding hydrogens is 236 g/mol. The van der Waals surface area contributed by atoms with Crippen LogP contribution in [0.25, 0.3) is 0 Å². The van der Waals surface area contributed by atoms with Crippen molar-refractivity contribution in [2.45, 2.75) is 45.8 Å². The molecule has 6 nitrogen and oxygen atoms in total. The van der Waals surface area contributed by atoms with Crippen molar-refractivity contribution in [3.05, 3.63) is 11.3 Å². The Balaban J connectivity index is 0.000000357. The largest absolute Gasteiger partial charge is 0.509 e. The van der Waals surface area contributed by atoms with Gasteiger partial charge in [0.05, 0.1) is 6.10 Å². The van der Waals surface area contributed by atoms with Gasteiger partial charge < -0.3 is 20.5 Å². The summed E-state index contributed by atoms with van der Waals surface area (Å²) in [6.07, 6.45) is 2.33. The van der Waals surface area contributed by atoms with Crippen molar-refractivity contribution >= 4 is 11.8 Å². The molecule has 0 spiro atoms. The van der Waals surface area contributed by atoms with Crippen LogP contribution in [-0.4, -0.2) is 40.7 Å². The maximum Gasteiger partial charge on any atom is 0.265 e. The highest BCUT2D eigenvalue weighted by Crippen LogP contribution is 2.31. The number of amides is 2. The number of nitrogens with zero attached hydrogens (tertiary/aromatic N) is 1. The fraction of sp³-hybridized carbons (Fsp3) is 0.667. The lowest BCUT2D eigenvalue weighted by molar-refractivity contribution is -0.129. The standard InChI is InChI=1S/C8H10N2O4.C4H10/c1-3-5-6(11)4(7(9)12)8(13)10(5)2-14-3;1-3-4-2/h3,5,11H,2H2,1H3,(H2,9,12);3-4H2,1-2H3. The van der Waals surface area contributed by atoms with E-state index in [0.717, 1.165) is 0 Å². The van der Waals surface area contributed by atoms with Gasteiger partial charge in [-0.1, -0.05) is 26.7 Å². The molecule has 2 heterocycles. The second kappa shape index (κ2) is 5.86. The Kier molecular flexibility index (Phi) is 4.72. The molecule has 2 aliphatic heterocycles. The first kappa shape index (κ1) is 14.5. The number of ether oxygens (including phenoxy) is 1. The van der Waals surface area contributed by atoms with Crippen molar-refractivity contribution in [3.8, 4) is 0 Å². The van der Waals surface area contributed by atoms with Crippen LogP contribution in [0.5, 0.6) is 0 Å². The smallest absolute Gasteiger partial charge is 0.265 e. The van der Waals surface area contributed by atoms with Crippen LogP contribution in [0.1, 0.15) is 33.6 Å². The summed E-state index contributed by atoms with van der Waals surface area (Å²) < 4.78 is 5.15. The van der Waals surface area contributed by atoms with Gasteiger partial charge in [0.2, 0.25) is 0 Å². The van der Waals surface area contributed by atoms with E-state index in [2.05, 4.69) is 13.8 Å². The highest BCUT2D eigenvalue weighted by Gasteiger charge is 2.48. The zero-order chi connectivity index (χ0) is 13.9. The normalized spacial score (nSPS) is 25.9. The molecule has 0 aromatic heterocycles. The maximum atomic E-state index is 11.5. The first-order valence-corrected chi connectivity index (χ1v) is 6.11. The summed E-state index contributed by atoms with van der Waals surface area (Å²) in [4.78, 5) is 23.7. The van der Waals surface area contributed by atoms with E-state index in [0.29, 0.717) is 0 Å². The van der Waals surface area contributed by atoms with Crippen molar-refractivity contribution < 1.29 is 19.4 Å². The van der Waals surface area contributed by atoms with Crippen LogP contribution in [-0.2, 0) is 14.3 Å². The lowest BCUT2D eigenvalue weighted by atomic mass is 10.1. The Morgan fingerprint density at radius 2 is 2.06 bits per heavy atom. The van der Waals surface area contributed by atoms with Gasteiger partial charge in [0.25, 0.3) is 11.8 Å². The summed E-state index contributed by atoms with van der Waals surface area (Å²) in [6, 6.07) is -0.551. The van der Waals surface area contributed by atoms with Crippen molar-refractivity contribution in [1.29, 1.82) is 0 Å². The molecule has 2 atom stereocenters. The first-order valence-electron chi connectivity index (χ1n) is 6.11. The molecule has 2 rings (SSSR count). The molecule has 2 amide bonds. The van der Waals surface area contributed by atoms with Crippen molar-refractivity contribution in [3.63, 3.8) is 0 Å². The minimum atomic E-state index is -0.894. The van der Waals surface area contributed by atoms with E-state index in [-0.39, 0.29) is 24.2 Å². The number of hydrogen-bond donors (Lipinski definition) is 2. The van der Waals surface area contributed by atoms with Crippen molar-refractivity contribution in [1.82, 2.24) is 4.90 Å². The Morgan fingerprint density at radius 3 is 2.44 bits per heavy atom. The highest BCUT2D eigenvalue weighted by molar-refractivity contribution is 6.20. The minimum Gasteiger partial charge on any atom is -0.509 e. The molecule has 0 aromatic carbocycles. The van der Waals surface area contributed by atoms with E-state index in [1.54, 1.807) is 6.92 Å². The number of rotatable bonds is 2. The number of primary amides is 1. The van der Waals surface area contributed by atoms with Crippen LogP contribution in [0, 0.1) is 0 Å². The first-order chi connectivity index (χ1) is 8.45. The number of fused-ring (bicyclic) bond motifs is 1. The summed E-state index contributed by atoms with van der Waals surface area (Å²) in [5.41, 5.74) is 4.67. The third-order valence-corrected chi connectivity index (χ3v) is 3.01. The molecule has 3 N–H and O–H groups in total. The molecule has 2 unspecified atom stereocenters. The van der Waals surface area contributed by atoms with E-state index in [1.807, 2.05) is 0 Å². The maximum absolute atomic E-state index is 11.5. The fourth-order valence-electron chi connectivity index (χ4n) is 1.81. The Morgan fingerprint density at radius 1 is 1.50 bits per heavy atom. The average Bonchev–Trinajstić information content (AvgIpc) is 2.81. The van der Waals surface area contributed by atoms with Gasteiger partial charge in [0, 0.05) is 0 Å². The molecule has 6 heteroatoms. The van der Waals surface area contributed by atoms with Crippen LogP contribution in [0.3, 0.4) is 0 Å². The summed E-state index contributed by atoms with van der Waals surface area (Å²) in [5, 5.41) is 9.61. The number of aliphatic hydroxyl groups is 1. The fourth-order valence-corrected chi connectivity index (χ4v) is 1.81. The van der Waals surface area contributed by atoms with Gasteiger partial charge >= 0.3 is 0 Å². The highest BCUT2D eigenvalue weighted by atomic mass is 16.5. The number of unbranched alkanes of at least 4 members (excludes halogenated alkanes) is 1. The molecule has 0 radical (unpaired) electrons. The second-order valence-electron chi connectivity index (χ2n) is 4.35. The van der Waals surface area contributed by atoms with E-state index in [4.69, 9.17) is 10.5 Å². The van der Waals surface area contributed by atoms with Crippen molar-refractivity contribution in [2.75, 3.05) is 6.73 Å². The van der Waals surface area contributed by atoms with Crippen LogP contribution < -0.4 is 5.73 Å². The molecule has 1 saturated heterocycles. The Labute approximate surface area is 106 Å². The van der Waals surface area contributed by atoms with E-state index < -0.39 is 17.9 Å². The molecule has 0 aliphatic carbocycles. The van der Waals surface area contributed by atoms with E-state index in [1.165, 1.54) is 17.7 Å². The number of carbonyl (C=O) groups excluding carboxylic acids is 2. The molecular formula is C12H20N2O4. The summed E-state index contributed by atoms with van der Waals surface area (Å²) >= 11 is 0. The van der Waals surface area contributed by atoms with Gasteiger partial charge in [0.15, 0.2) is 0 Å².